The van der Waals surface area contributed by atoms with Gasteiger partial charge < -0.3 is 14.0 Å². The van der Waals surface area contributed by atoms with Gasteiger partial charge in [0.15, 0.2) is 0 Å². The second-order valence-electron chi connectivity index (χ2n) is 5.18. The number of aromatic nitrogens is 2. The molecule has 3 rings (SSSR count). The van der Waals surface area contributed by atoms with Gasteiger partial charge in [0.25, 0.3) is 0 Å². The van der Waals surface area contributed by atoms with Crippen LogP contribution in [0.3, 0.4) is 0 Å². The summed E-state index contributed by atoms with van der Waals surface area (Å²) < 4.78 is 12.9. The van der Waals surface area contributed by atoms with Gasteiger partial charge in [-0.15, -0.1) is 11.6 Å². The van der Waals surface area contributed by atoms with E-state index in [0.717, 1.165) is 55.2 Å². The predicted octanol–water partition coefficient (Wildman–Crippen LogP) is 3.21. The van der Waals surface area contributed by atoms with Crippen LogP contribution in [0.25, 0.3) is 11.0 Å². The Kier molecular flexibility index (Phi) is 4.13. The molecule has 0 aliphatic carbocycles. The highest BCUT2D eigenvalue weighted by molar-refractivity contribution is 6.16. The van der Waals surface area contributed by atoms with Crippen LogP contribution in [0, 0.1) is 5.92 Å². The number of hydrogen-bond donors (Lipinski definition) is 0. The summed E-state index contributed by atoms with van der Waals surface area (Å²) in [5.41, 5.74) is 2.08. The van der Waals surface area contributed by atoms with E-state index in [4.69, 9.17) is 21.1 Å². The van der Waals surface area contributed by atoms with Gasteiger partial charge in [-0.3, -0.25) is 0 Å². The second-order valence-corrected chi connectivity index (χ2v) is 5.45. The van der Waals surface area contributed by atoms with Crippen molar-refractivity contribution >= 4 is 22.6 Å². The monoisotopic (exact) mass is 294 g/mol. The molecular formula is C15H19ClN2O2. The molecule has 0 bridgehead atoms. The molecule has 0 saturated carbocycles. The molecule has 0 N–H and O–H groups in total. The quantitative estimate of drug-likeness (QED) is 0.813. The van der Waals surface area contributed by atoms with Crippen molar-refractivity contribution in [3.8, 4) is 5.75 Å². The van der Waals surface area contributed by atoms with E-state index in [9.17, 15) is 0 Å². The van der Waals surface area contributed by atoms with Crippen molar-refractivity contribution in [2.75, 3.05) is 20.3 Å². The lowest BCUT2D eigenvalue weighted by Crippen LogP contribution is -2.21. The minimum Gasteiger partial charge on any atom is -0.497 e. The molecule has 2 aromatic rings. The lowest BCUT2D eigenvalue weighted by molar-refractivity contribution is 0.0614. The number of halogens is 1. The molecule has 1 aliphatic heterocycles. The van der Waals surface area contributed by atoms with Crippen molar-refractivity contribution < 1.29 is 9.47 Å². The van der Waals surface area contributed by atoms with Crippen LogP contribution in [0.2, 0.25) is 0 Å². The van der Waals surface area contributed by atoms with Crippen molar-refractivity contribution in [3.63, 3.8) is 0 Å². The summed E-state index contributed by atoms with van der Waals surface area (Å²) in [6.45, 7) is 2.69. The van der Waals surface area contributed by atoms with Crippen molar-refractivity contribution in [3.05, 3.63) is 24.0 Å². The number of methoxy groups -OCH3 is 1. The minimum atomic E-state index is 0.431. The van der Waals surface area contributed by atoms with Crippen LogP contribution >= 0.6 is 11.6 Å². The zero-order valence-electron chi connectivity index (χ0n) is 11.6. The minimum absolute atomic E-state index is 0.431. The summed E-state index contributed by atoms with van der Waals surface area (Å²) in [6.07, 6.45) is 2.22. The smallest absolute Gasteiger partial charge is 0.124 e. The van der Waals surface area contributed by atoms with E-state index in [0.29, 0.717) is 11.8 Å². The molecule has 1 aromatic carbocycles. The van der Waals surface area contributed by atoms with Crippen LogP contribution in [-0.4, -0.2) is 29.9 Å². The fourth-order valence-electron chi connectivity index (χ4n) is 2.78. The summed E-state index contributed by atoms with van der Waals surface area (Å²) in [5.74, 6) is 2.83. The van der Waals surface area contributed by atoms with Crippen LogP contribution in [0.1, 0.15) is 18.7 Å². The lowest BCUT2D eigenvalue weighted by Gasteiger charge is -2.23. The summed E-state index contributed by atoms with van der Waals surface area (Å²) >= 11 is 6.06. The van der Waals surface area contributed by atoms with Gasteiger partial charge in [-0.2, -0.15) is 0 Å². The topological polar surface area (TPSA) is 36.3 Å². The van der Waals surface area contributed by atoms with Crippen LogP contribution in [0.5, 0.6) is 5.75 Å². The molecule has 1 fully saturated rings. The Balaban J connectivity index is 1.94. The van der Waals surface area contributed by atoms with Crippen molar-refractivity contribution in [1.82, 2.24) is 9.55 Å². The summed E-state index contributed by atoms with van der Waals surface area (Å²) in [7, 11) is 1.67. The van der Waals surface area contributed by atoms with Gasteiger partial charge in [0.05, 0.1) is 24.0 Å². The van der Waals surface area contributed by atoms with Crippen LogP contribution in [-0.2, 0) is 17.2 Å². The maximum absolute atomic E-state index is 6.06. The number of imidazole rings is 1. The van der Waals surface area contributed by atoms with Crippen LogP contribution in [0.15, 0.2) is 18.2 Å². The average Bonchev–Trinajstić information content (AvgIpc) is 2.85. The van der Waals surface area contributed by atoms with Gasteiger partial charge >= 0.3 is 0 Å². The molecular weight excluding hydrogens is 276 g/mol. The molecule has 0 atom stereocenters. The molecule has 0 radical (unpaired) electrons. The van der Waals surface area contributed by atoms with Crippen molar-refractivity contribution in [2.24, 2.45) is 5.92 Å². The molecule has 0 spiro atoms. The number of alkyl halides is 1. The van der Waals surface area contributed by atoms with Gasteiger partial charge in [0.2, 0.25) is 0 Å². The van der Waals surface area contributed by atoms with E-state index >= 15 is 0 Å². The van der Waals surface area contributed by atoms with E-state index in [1.807, 2.05) is 12.1 Å². The van der Waals surface area contributed by atoms with E-state index in [-0.39, 0.29) is 0 Å². The van der Waals surface area contributed by atoms with E-state index in [1.165, 1.54) is 0 Å². The Morgan fingerprint density at radius 2 is 2.20 bits per heavy atom. The molecule has 20 heavy (non-hydrogen) atoms. The number of rotatable bonds is 4. The van der Waals surface area contributed by atoms with Crippen LogP contribution < -0.4 is 4.74 Å². The lowest BCUT2D eigenvalue weighted by atomic mass is 10.0. The predicted molar refractivity (Wildman–Crippen MR) is 79.4 cm³/mol. The number of benzene rings is 1. The Bertz CT molecular complexity index is 591. The number of fused-ring (bicyclic) bond motifs is 1. The molecule has 0 unspecified atom stereocenters. The molecule has 1 saturated heterocycles. The zero-order chi connectivity index (χ0) is 13.9. The Morgan fingerprint density at radius 1 is 1.40 bits per heavy atom. The first-order valence-electron chi connectivity index (χ1n) is 6.98. The van der Waals surface area contributed by atoms with Crippen LogP contribution in [0.4, 0.5) is 0 Å². The number of hydrogen-bond acceptors (Lipinski definition) is 3. The Morgan fingerprint density at radius 3 is 2.90 bits per heavy atom. The Hall–Kier alpha value is -1.26. The molecule has 4 nitrogen and oxygen atoms in total. The van der Waals surface area contributed by atoms with Gasteiger partial charge in [-0.05, 0) is 30.9 Å². The van der Waals surface area contributed by atoms with Gasteiger partial charge in [-0.1, -0.05) is 0 Å². The first-order valence-corrected chi connectivity index (χ1v) is 7.52. The molecule has 1 aromatic heterocycles. The normalized spacial score (nSPS) is 16.7. The van der Waals surface area contributed by atoms with Gasteiger partial charge in [0.1, 0.15) is 11.6 Å². The SMILES string of the molecule is COc1ccc2c(c1)nc(CCl)n2CC1CCOCC1. The van der Waals surface area contributed by atoms with E-state index in [2.05, 4.69) is 15.6 Å². The molecule has 1 aliphatic rings. The highest BCUT2D eigenvalue weighted by Gasteiger charge is 2.18. The third-order valence-corrected chi connectivity index (χ3v) is 4.17. The maximum Gasteiger partial charge on any atom is 0.124 e. The number of ether oxygens (including phenoxy) is 2. The fraction of sp³-hybridized carbons (Fsp3) is 0.533. The fourth-order valence-corrected chi connectivity index (χ4v) is 2.98. The molecule has 2 heterocycles. The summed E-state index contributed by atoms with van der Waals surface area (Å²) in [6, 6.07) is 6.00. The third kappa shape index (κ3) is 2.63. The summed E-state index contributed by atoms with van der Waals surface area (Å²) in [4.78, 5) is 4.63. The largest absolute Gasteiger partial charge is 0.497 e. The Labute approximate surface area is 123 Å². The highest BCUT2D eigenvalue weighted by Crippen LogP contribution is 2.25. The average molecular weight is 295 g/mol. The maximum atomic E-state index is 6.06. The zero-order valence-corrected chi connectivity index (χ0v) is 12.4. The van der Waals surface area contributed by atoms with Gasteiger partial charge in [-0.25, -0.2) is 4.98 Å². The molecule has 5 heteroatoms. The second kappa shape index (κ2) is 6.02. The molecule has 108 valence electrons. The van der Waals surface area contributed by atoms with Crippen molar-refractivity contribution in [2.45, 2.75) is 25.3 Å². The highest BCUT2D eigenvalue weighted by atomic mass is 35.5. The standard InChI is InChI=1S/C15H19ClN2O2/c1-19-12-2-3-14-13(8-12)17-15(9-16)18(14)10-11-4-6-20-7-5-11/h2-3,8,11H,4-7,9-10H2,1H3. The van der Waals surface area contributed by atoms with Gasteiger partial charge in [0, 0.05) is 25.8 Å². The third-order valence-electron chi connectivity index (χ3n) is 3.94. The molecule has 0 amide bonds. The van der Waals surface area contributed by atoms with E-state index in [1.54, 1.807) is 7.11 Å². The van der Waals surface area contributed by atoms with Crippen molar-refractivity contribution in [1.29, 1.82) is 0 Å². The van der Waals surface area contributed by atoms with E-state index < -0.39 is 0 Å². The first kappa shape index (κ1) is 13.7. The number of nitrogens with zero attached hydrogens (tertiary/aromatic N) is 2. The first-order chi connectivity index (χ1) is 9.81. The summed E-state index contributed by atoms with van der Waals surface area (Å²) in [5, 5.41) is 0.